The molecule has 4 rings (SSSR count). The maximum Gasteiger partial charge on any atom is 0.316 e. The van der Waals surface area contributed by atoms with Crippen LogP contribution in [0.15, 0.2) is 23.4 Å². The second kappa shape index (κ2) is 11.4. The summed E-state index contributed by atoms with van der Waals surface area (Å²) in [5, 5.41) is 13.6. The number of hydrogen-bond donors (Lipinski definition) is 1. The summed E-state index contributed by atoms with van der Waals surface area (Å²) in [4.78, 5) is 12.4. The van der Waals surface area contributed by atoms with Crippen LogP contribution in [0.1, 0.15) is 56.3 Å². The average molecular weight is 479 g/mol. The first-order valence-corrected chi connectivity index (χ1v) is 12.8. The molecule has 1 saturated heterocycles. The first-order valence-electron chi connectivity index (χ1n) is 11.4. The highest BCUT2D eigenvalue weighted by atomic mass is 35.5. The molecule has 1 saturated carbocycles. The summed E-state index contributed by atoms with van der Waals surface area (Å²) in [6, 6.07) is 5.90. The molecule has 1 aliphatic heterocycles. The van der Waals surface area contributed by atoms with E-state index in [4.69, 9.17) is 21.1 Å². The fraction of sp³-hybridized carbons (Fsp3) is 0.609. The molecule has 2 aliphatic rings. The van der Waals surface area contributed by atoms with Crippen LogP contribution in [0.25, 0.3) is 0 Å². The summed E-state index contributed by atoms with van der Waals surface area (Å²) in [6.45, 7) is 3.95. The Bertz CT molecular complexity index is 911. The van der Waals surface area contributed by atoms with Gasteiger partial charge in [-0.3, -0.25) is 4.79 Å². The van der Waals surface area contributed by atoms with E-state index in [1.54, 1.807) is 0 Å². The minimum absolute atomic E-state index is 0.0719. The van der Waals surface area contributed by atoms with E-state index in [9.17, 15) is 4.79 Å². The molecule has 174 valence electrons. The Morgan fingerprint density at radius 3 is 2.84 bits per heavy atom. The predicted octanol–water partition coefficient (Wildman–Crippen LogP) is 5.00. The Labute approximate surface area is 198 Å². The Kier molecular flexibility index (Phi) is 8.32. The monoisotopic (exact) mass is 478 g/mol. The highest BCUT2D eigenvalue weighted by Crippen LogP contribution is 2.25. The van der Waals surface area contributed by atoms with E-state index >= 15 is 0 Å². The summed E-state index contributed by atoms with van der Waals surface area (Å²) in [7, 11) is 0. The second-order valence-electron chi connectivity index (χ2n) is 8.50. The molecule has 1 aromatic carbocycles. The lowest BCUT2D eigenvalue weighted by atomic mass is 9.98. The van der Waals surface area contributed by atoms with Gasteiger partial charge < -0.3 is 19.4 Å². The first kappa shape index (κ1) is 23.4. The van der Waals surface area contributed by atoms with Crippen LogP contribution in [-0.4, -0.2) is 45.3 Å². The molecular formula is C23H31ClN4O3S. The van der Waals surface area contributed by atoms with Gasteiger partial charge in [-0.05, 0) is 63.1 Å². The van der Waals surface area contributed by atoms with Crippen LogP contribution in [0.5, 0.6) is 0 Å². The maximum absolute atomic E-state index is 12.4. The molecule has 0 unspecified atom stereocenters. The molecule has 0 radical (unpaired) electrons. The molecule has 1 N–H and O–H groups in total. The molecule has 2 fully saturated rings. The minimum Gasteiger partial charge on any atom is -0.462 e. The number of aromatic nitrogens is 3. The molecule has 1 aromatic heterocycles. The number of carbonyl (C=O) groups excluding carboxylic acids is 1. The molecule has 32 heavy (non-hydrogen) atoms. The van der Waals surface area contributed by atoms with Gasteiger partial charge in [0, 0.05) is 17.3 Å². The molecule has 2 heterocycles. The Morgan fingerprint density at radius 1 is 1.25 bits per heavy atom. The zero-order chi connectivity index (χ0) is 22.3. The van der Waals surface area contributed by atoms with Gasteiger partial charge in [-0.15, -0.1) is 10.2 Å². The zero-order valence-corrected chi connectivity index (χ0v) is 20.1. The van der Waals surface area contributed by atoms with Gasteiger partial charge in [0.1, 0.15) is 6.10 Å². The summed E-state index contributed by atoms with van der Waals surface area (Å²) in [5.74, 6) is 0.865. The Balaban J connectivity index is 1.39. The van der Waals surface area contributed by atoms with Gasteiger partial charge in [0.2, 0.25) is 0 Å². The Hall–Kier alpha value is -1.77. The number of nitrogens with one attached hydrogen (secondary N) is 1. The van der Waals surface area contributed by atoms with Crippen molar-refractivity contribution in [1.29, 1.82) is 0 Å². The molecule has 1 atom stereocenters. The number of anilines is 1. The van der Waals surface area contributed by atoms with Crippen LogP contribution in [0, 0.1) is 6.92 Å². The van der Waals surface area contributed by atoms with E-state index in [1.807, 2.05) is 25.1 Å². The SMILES string of the molecule is Cc1ccc(NCc2nnc(SCC(=O)OC3CCCCC3)n2C[C@H]2CCCO2)cc1Cl. The maximum atomic E-state index is 12.4. The summed E-state index contributed by atoms with van der Waals surface area (Å²) in [6.07, 6.45) is 7.78. The fourth-order valence-electron chi connectivity index (χ4n) is 4.14. The van der Waals surface area contributed by atoms with E-state index in [1.165, 1.54) is 18.2 Å². The highest BCUT2D eigenvalue weighted by Gasteiger charge is 2.23. The summed E-state index contributed by atoms with van der Waals surface area (Å²) < 4.78 is 13.6. The van der Waals surface area contributed by atoms with Crippen LogP contribution in [-0.2, 0) is 27.4 Å². The number of benzene rings is 1. The topological polar surface area (TPSA) is 78.3 Å². The van der Waals surface area contributed by atoms with Crippen LogP contribution in [0.4, 0.5) is 5.69 Å². The van der Waals surface area contributed by atoms with Crippen molar-refractivity contribution in [3.63, 3.8) is 0 Å². The van der Waals surface area contributed by atoms with Crippen LogP contribution in [0.2, 0.25) is 5.02 Å². The van der Waals surface area contributed by atoms with Crippen molar-refractivity contribution in [3.05, 3.63) is 34.6 Å². The van der Waals surface area contributed by atoms with Crippen molar-refractivity contribution in [3.8, 4) is 0 Å². The quantitative estimate of drug-likeness (QED) is 0.401. The number of halogens is 1. The lowest BCUT2D eigenvalue weighted by Crippen LogP contribution is -2.22. The largest absolute Gasteiger partial charge is 0.462 e. The number of rotatable bonds is 9. The minimum atomic E-state index is -0.178. The first-order chi connectivity index (χ1) is 15.6. The number of nitrogens with zero attached hydrogens (tertiary/aromatic N) is 3. The van der Waals surface area contributed by atoms with E-state index in [-0.39, 0.29) is 23.9 Å². The van der Waals surface area contributed by atoms with E-state index < -0.39 is 0 Å². The lowest BCUT2D eigenvalue weighted by Gasteiger charge is -2.21. The van der Waals surface area contributed by atoms with Gasteiger partial charge in [-0.25, -0.2) is 0 Å². The molecular weight excluding hydrogens is 448 g/mol. The van der Waals surface area contributed by atoms with Crippen molar-refractivity contribution in [1.82, 2.24) is 14.8 Å². The fourth-order valence-corrected chi connectivity index (χ4v) is 5.07. The molecule has 2 aromatic rings. The van der Waals surface area contributed by atoms with Gasteiger partial charge in [-0.1, -0.05) is 35.9 Å². The lowest BCUT2D eigenvalue weighted by molar-refractivity contribution is -0.147. The van der Waals surface area contributed by atoms with Crippen molar-refractivity contribution in [2.24, 2.45) is 0 Å². The number of esters is 1. The van der Waals surface area contributed by atoms with Gasteiger partial charge in [0.05, 0.1) is 24.9 Å². The Morgan fingerprint density at radius 2 is 2.09 bits per heavy atom. The molecule has 1 aliphatic carbocycles. The van der Waals surface area contributed by atoms with Gasteiger partial charge in [0.15, 0.2) is 11.0 Å². The average Bonchev–Trinajstić information content (AvgIpc) is 3.44. The predicted molar refractivity (Wildman–Crippen MR) is 126 cm³/mol. The van der Waals surface area contributed by atoms with E-state index in [0.717, 1.165) is 72.4 Å². The molecule has 9 heteroatoms. The van der Waals surface area contributed by atoms with Crippen molar-refractivity contribution >= 4 is 35.0 Å². The zero-order valence-electron chi connectivity index (χ0n) is 18.5. The molecule has 7 nitrogen and oxygen atoms in total. The molecule has 0 spiro atoms. The van der Waals surface area contributed by atoms with Crippen LogP contribution >= 0.6 is 23.4 Å². The third kappa shape index (κ3) is 6.39. The number of aryl methyl sites for hydroxylation is 1. The van der Waals surface area contributed by atoms with Crippen LogP contribution in [0.3, 0.4) is 0 Å². The number of hydrogen-bond acceptors (Lipinski definition) is 7. The van der Waals surface area contributed by atoms with Crippen molar-refractivity contribution < 1.29 is 14.3 Å². The van der Waals surface area contributed by atoms with E-state index in [0.29, 0.717) is 13.1 Å². The standard InChI is InChI=1S/C23H31ClN4O3S/c1-16-9-10-17(12-20(16)24)25-13-21-26-27-23(28(21)14-19-8-5-11-30-19)32-15-22(29)31-18-6-3-2-4-7-18/h9-10,12,18-19,25H,2-8,11,13-15H2,1H3/t19-/m1/s1. The second-order valence-corrected chi connectivity index (χ2v) is 9.85. The van der Waals surface area contributed by atoms with Crippen molar-refractivity contribution in [2.75, 3.05) is 17.7 Å². The number of thioether (sulfide) groups is 1. The molecule has 0 bridgehead atoms. The molecule has 0 amide bonds. The smallest absolute Gasteiger partial charge is 0.316 e. The van der Waals surface area contributed by atoms with Gasteiger partial charge in [0.25, 0.3) is 0 Å². The van der Waals surface area contributed by atoms with Crippen molar-refractivity contribution in [2.45, 2.75) is 82.3 Å². The highest BCUT2D eigenvalue weighted by molar-refractivity contribution is 7.99. The van der Waals surface area contributed by atoms with Gasteiger partial charge >= 0.3 is 5.97 Å². The normalized spacial score (nSPS) is 19.2. The van der Waals surface area contributed by atoms with Gasteiger partial charge in [-0.2, -0.15) is 0 Å². The van der Waals surface area contributed by atoms with E-state index in [2.05, 4.69) is 20.1 Å². The third-order valence-corrected chi connectivity index (χ3v) is 7.34. The summed E-state index contributed by atoms with van der Waals surface area (Å²) >= 11 is 7.63. The number of ether oxygens (including phenoxy) is 2. The van der Waals surface area contributed by atoms with Crippen LogP contribution < -0.4 is 5.32 Å². The number of carbonyl (C=O) groups is 1. The third-order valence-electron chi connectivity index (χ3n) is 6.00. The summed E-state index contributed by atoms with van der Waals surface area (Å²) in [5.41, 5.74) is 1.97.